The molecular formula is C21H28N2O3S. The van der Waals surface area contributed by atoms with E-state index in [0.717, 1.165) is 22.9 Å². The molecule has 5 nitrogen and oxygen atoms in total. The summed E-state index contributed by atoms with van der Waals surface area (Å²) in [5, 5.41) is 2.83. The van der Waals surface area contributed by atoms with Gasteiger partial charge in [0.05, 0.1) is 11.9 Å². The van der Waals surface area contributed by atoms with Crippen LogP contribution in [0.15, 0.2) is 48.5 Å². The number of benzene rings is 2. The number of aryl methyl sites for hydroxylation is 1. The molecular weight excluding hydrogens is 360 g/mol. The van der Waals surface area contributed by atoms with Crippen molar-refractivity contribution in [1.29, 1.82) is 0 Å². The van der Waals surface area contributed by atoms with Gasteiger partial charge in [0.1, 0.15) is 6.54 Å². The number of hydrogen-bond donors (Lipinski definition) is 1. The highest BCUT2D eigenvalue weighted by Gasteiger charge is 2.25. The van der Waals surface area contributed by atoms with E-state index in [1.165, 1.54) is 4.31 Å². The number of carbonyl (C=O) groups is 1. The first-order valence-corrected chi connectivity index (χ1v) is 10.9. The number of para-hydroxylation sites is 1. The van der Waals surface area contributed by atoms with Crippen LogP contribution in [-0.2, 0) is 21.2 Å². The van der Waals surface area contributed by atoms with Gasteiger partial charge in [-0.15, -0.1) is 0 Å². The lowest BCUT2D eigenvalue weighted by molar-refractivity contribution is -0.119. The zero-order valence-electron chi connectivity index (χ0n) is 16.4. The summed E-state index contributed by atoms with van der Waals surface area (Å²) in [4.78, 5) is 12.4. The first kappa shape index (κ1) is 21.0. The number of nitrogens with one attached hydrogen (secondary N) is 1. The molecule has 0 bridgehead atoms. The Morgan fingerprint density at radius 2 is 1.74 bits per heavy atom. The number of hydrogen-bond acceptors (Lipinski definition) is 3. The highest BCUT2D eigenvalue weighted by atomic mass is 32.2. The second kappa shape index (κ2) is 9.04. The van der Waals surface area contributed by atoms with Crippen molar-refractivity contribution in [2.24, 2.45) is 0 Å². The van der Waals surface area contributed by atoms with Crippen LogP contribution in [0.25, 0.3) is 0 Å². The van der Waals surface area contributed by atoms with Crippen LogP contribution in [0.1, 0.15) is 36.5 Å². The van der Waals surface area contributed by atoms with Crippen molar-refractivity contribution in [1.82, 2.24) is 5.32 Å². The Labute approximate surface area is 162 Å². The topological polar surface area (TPSA) is 66.5 Å². The van der Waals surface area contributed by atoms with Crippen molar-refractivity contribution in [2.45, 2.75) is 33.1 Å². The van der Waals surface area contributed by atoms with Gasteiger partial charge in [0, 0.05) is 6.54 Å². The summed E-state index contributed by atoms with van der Waals surface area (Å²) in [6, 6.07) is 15.5. The predicted molar refractivity (Wildman–Crippen MR) is 111 cm³/mol. The molecule has 0 unspecified atom stereocenters. The molecule has 146 valence electrons. The van der Waals surface area contributed by atoms with Crippen LogP contribution in [0.3, 0.4) is 0 Å². The van der Waals surface area contributed by atoms with Gasteiger partial charge >= 0.3 is 0 Å². The minimum Gasteiger partial charge on any atom is -0.354 e. The lowest BCUT2D eigenvalue weighted by Crippen LogP contribution is -2.41. The van der Waals surface area contributed by atoms with E-state index < -0.39 is 10.0 Å². The first-order valence-electron chi connectivity index (χ1n) is 9.08. The van der Waals surface area contributed by atoms with Crippen LogP contribution in [0, 0.1) is 6.92 Å². The van der Waals surface area contributed by atoms with Crippen LogP contribution in [0.5, 0.6) is 0 Å². The van der Waals surface area contributed by atoms with Crippen LogP contribution in [0.2, 0.25) is 0 Å². The quantitative estimate of drug-likeness (QED) is 0.755. The minimum absolute atomic E-state index is 0.144. The van der Waals surface area contributed by atoms with E-state index in [0.29, 0.717) is 18.7 Å². The highest BCUT2D eigenvalue weighted by molar-refractivity contribution is 7.92. The molecule has 6 heteroatoms. The number of anilines is 1. The summed E-state index contributed by atoms with van der Waals surface area (Å²) in [5.74, 6) is -0.167. The van der Waals surface area contributed by atoms with Gasteiger partial charge in [0.25, 0.3) is 0 Å². The van der Waals surface area contributed by atoms with Crippen LogP contribution < -0.4 is 9.62 Å². The SMILES string of the molecule is Cc1cccc(C(C)C)c1N(CC(=O)NCCc1ccccc1)S(C)(=O)=O. The molecule has 2 aromatic carbocycles. The van der Waals surface area contributed by atoms with Crippen molar-refractivity contribution < 1.29 is 13.2 Å². The zero-order chi connectivity index (χ0) is 20.0. The van der Waals surface area contributed by atoms with Gasteiger partial charge in [-0.05, 0) is 36.0 Å². The number of amides is 1. The average molecular weight is 389 g/mol. The Kier molecular flexibility index (Phi) is 7.02. The monoisotopic (exact) mass is 388 g/mol. The van der Waals surface area contributed by atoms with Gasteiger partial charge in [-0.25, -0.2) is 8.42 Å². The zero-order valence-corrected chi connectivity index (χ0v) is 17.2. The molecule has 2 rings (SSSR count). The molecule has 0 spiro atoms. The van der Waals surface area contributed by atoms with Gasteiger partial charge < -0.3 is 5.32 Å². The van der Waals surface area contributed by atoms with Crippen molar-refractivity contribution in [2.75, 3.05) is 23.7 Å². The Bertz CT molecular complexity index is 878. The normalized spacial score (nSPS) is 11.4. The van der Waals surface area contributed by atoms with Gasteiger partial charge in [-0.2, -0.15) is 0 Å². The number of sulfonamides is 1. The molecule has 0 aromatic heterocycles. The summed E-state index contributed by atoms with van der Waals surface area (Å²) in [5.41, 5.74) is 3.48. The van der Waals surface area contributed by atoms with E-state index in [4.69, 9.17) is 0 Å². The van der Waals surface area contributed by atoms with E-state index in [1.807, 2.05) is 69.3 Å². The van der Waals surface area contributed by atoms with E-state index in [9.17, 15) is 13.2 Å². The van der Waals surface area contributed by atoms with Gasteiger partial charge in [0.2, 0.25) is 15.9 Å². The summed E-state index contributed by atoms with van der Waals surface area (Å²) in [7, 11) is -3.60. The van der Waals surface area contributed by atoms with Gasteiger partial charge in [-0.1, -0.05) is 62.4 Å². The smallest absolute Gasteiger partial charge is 0.240 e. The largest absolute Gasteiger partial charge is 0.354 e. The van der Waals surface area contributed by atoms with Crippen molar-refractivity contribution in [3.05, 3.63) is 65.2 Å². The maximum atomic E-state index is 12.4. The molecule has 0 aliphatic carbocycles. The Hall–Kier alpha value is -2.34. The fourth-order valence-electron chi connectivity index (χ4n) is 3.03. The van der Waals surface area contributed by atoms with E-state index >= 15 is 0 Å². The summed E-state index contributed by atoms with van der Waals surface area (Å²) < 4.78 is 26.1. The fourth-order valence-corrected chi connectivity index (χ4v) is 3.96. The third-order valence-electron chi connectivity index (χ3n) is 4.41. The summed E-state index contributed by atoms with van der Waals surface area (Å²) in [6.45, 7) is 6.13. The molecule has 1 N–H and O–H groups in total. The molecule has 1 amide bonds. The molecule has 0 aliphatic heterocycles. The summed E-state index contributed by atoms with van der Waals surface area (Å²) in [6.07, 6.45) is 1.84. The number of carbonyl (C=O) groups excluding carboxylic acids is 1. The Balaban J connectivity index is 2.15. The molecule has 27 heavy (non-hydrogen) atoms. The number of rotatable bonds is 8. The number of nitrogens with zero attached hydrogens (tertiary/aromatic N) is 1. The van der Waals surface area contributed by atoms with Gasteiger partial charge in [-0.3, -0.25) is 9.10 Å². The van der Waals surface area contributed by atoms with Crippen LogP contribution >= 0.6 is 0 Å². The molecule has 2 aromatic rings. The minimum atomic E-state index is -3.60. The highest BCUT2D eigenvalue weighted by Crippen LogP contribution is 2.32. The summed E-state index contributed by atoms with van der Waals surface area (Å²) >= 11 is 0. The van der Waals surface area contributed by atoms with E-state index in [1.54, 1.807) is 0 Å². The van der Waals surface area contributed by atoms with E-state index in [2.05, 4.69) is 5.32 Å². The fraction of sp³-hybridized carbons (Fsp3) is 0.381. The molecule has 0 saturated carbocycles. The standard InChI is InChI=1S/C21H28N2O3S/c1-16(2)19-12-8-9-17(3)21(19)23(27(4,25)26)15-20(24)22-14-13-18-10-6-5-7-11-18/h5-12,16H,13-15H2,1-4H3,(H,22,24). The van der Waals surface area contributed by atoms with Crippen LogP contribution in [-0.4, -0.2) is 33.7 Å². The Morgan fingerprint density at radius 1 is 1.07 bits per heavy atom. The first-order chi connectivity index (χ1) is 12.7. The van der Waals surface area contributed by atoms with Gasteiger partial charge in [0.15, 0.2) is 0 Å². The average Bonchev–Trinajstić information content (AvgIpc) is 2.60. The molecule has 0 saturated heterocycles. The second-order valence-corrected chi connectivity index (χ2v) is 8.93. The predicted octanol–water partition coefficient (Wildman–Crippen LogP) is 3.24. The lowest BCUT2D eigenvalue weighted by Gasteiger charge is -2.27. The molecule has 0 heterocycles. The van der Waals surface area contributed by atoms with Crippen molar-refractivity contribution in [3.63, 3.8) is 0 Å². The third-order valence-corrected chi connectivity index (χ3v) is 5.52. The van der Waals surface area contributed by atoms with Crippen molar-refractivity contribution in [3.8, 4) is 0 Å². The maximum Gasteiger partial charge on any atom is 0.240 e. The third kappa shape index (κ3) is 5.82. The van der Waals surface area contributed by atoms with Crippen molar-refractivity contribution >= 4 is 21.6 Å². The molecule has 0 aliphatic rings. The lowest BCUT2D eigenvalue weighted by atomic mass is 9.98. The maximum absolute atomic E-state index is 12.4. The van der Waals surface area contributed by atoms with E-state index in [-0.39, 0.29) is 18.4 Å². The Morgan fingerprint density at radius 3 is 2.33 bits per heavy atom. The molecule has 0 atom stereocenters. The second-order valence-electron chi connectivity index (χ2n) is 7.02. The molecule has 0 fully saturated rings. The molecule has 0 radical (unpaired) electrons. The van der Waals surface area contributed by atoms with Crippen LogP contribution in [0.4, 0.5) is 5.69 Å².